The number of rotatable bonds is 6. The second kappa shape index (κ2) is 7.71. The van der Waals surface area contributed by atoms with Crippen molar-refractivity contribution in [3.8, 4) is 33.8 Å². The lowest BCUT2D eigenvalue weighted by atomic mass is 9.97. The smallest absolute Gasteiger partial charge is 0.260 e. The van der Waals surface area contributed by atoms with Crippen molar-refractivity contribution in [2.75, 3.05) is 0 Å². The van der Waals surface area contributed by atoms with Gasteiger partial charge in [0.05, 0.1) is 5.56 Å². The van der Waals surface area contributed by atoms with Gasteiger partial charge in [0, 0.05) is 11.3 Å². The van der Waals surface area contributed by atoms with Gasteiger partial charge in [0.1, 0.15) is 0 Å². The van der Waals surface area contributed by atoms with E-state index in [0.29, 0.717) is 5.56 Å². The van der Waals surface area contributed by atoms with Crippen molar-refractivity contribution in [1.29, 1.82) is 0 Å². The van der Waals surface area contributed by atoms with Gasteiger partial charge in [-0.3, -0.25) is 4.79 Å². The molecule has 1 fully saturated rings. The molecule has 5 rings (SSSR count). The second-order valence-corrected chi connectivity index (χ2v) is 8.08. The molecule has 0 saturated heterocycles. The van der Waals surface area contributed by atoms with Crippen LogP contribution in [0.5, 0.6) is 0 Å². The van der Waals surface area contributed by atoms with Gasteiger partial charge in [-0.25, -0.2) is 0 Å². The van der Waals surface area contributed by atoms with Crippen molar-refractivity contribution >= 4 is 0 Å². The second-order valence-electron chi connectivity index (χ2n) is 8.08. The van der Waals surface area contributed by atoms with Crippen LogP contribution < -0.4 is 5.56 Å². The Morgan fingerprint density at radius 3 is 2.40 bits per heavy atom. The molecule has 6 nitrogen and oxygen atoms in total. The van der Waals surface area contributed by atoms with Crippen LogP contribution in [-0.2, 0) is 6.42 Å². The van der Waals surface area contributed by atoms with Crippen LogP contribution in [-0.4, -0.2) is 25.6 Å². The fourth-order valence-electron chi connectivity index (χ4n) is 3.79. The van der Waals surface area contributed by atoms with Crippen LogP contribution in [0.25, 0.3) is 33.8 Å². The lowest BCUT2D eigenvalue weighted by molar-refractivity contribution is 0.727. The number of aromatic nitrogens is 5. The number of hydrogen-bond donors (Lipinski definition) is 2. The molecule has 0 unspecified atom stereocenters. The summed E-state index contributed by atoms with van der Waals surface area (Å²) in [5.41, 5.74) is 6.16. The minimum Gasteiger partial charge on any atom is -0.321 e. The minimum atomic E-state index is -0.234. The summed E-state index contributed by atoms with van der Waals surface area (Å²) in [5, 5.41) is 14.1. The van der Waals surface area contributed by atoms with E-state index in [1.54, 1.807) is 0 Å². The zero-order chi connectivity index (χ0) is 20.5. The largest absolute Gasteiger partial charge is 0.321 e. The van der Waals surface area contributed by atoms with Gasteiger partial charge in [-0.2, -0.15) is 5.21 Å². The van der Waals surface area contributed by atoms with Crippen LogP contribution in [0.3, 0.4) is 0 Å². The van der Waals surface area contributed by atoms with Gasteiger partial charge in [0.15, 0.2) is 0 Å². The molecule has 4 aromatic rings. The lowest BCUT2D eigenvalue weighted by Crippen LogP contribution is -2.12. The molecule has 0 spiro atoms. The molecule has 1 aliphatic carbocycles. The zero-order valence-corrected chi connectivity index (χ0v) is 16.9. The Balaban J connectivity index is 1.56. The van der Waals surface area contributed by atoms with E-state index in [1.165, 1.54) is 24.8 Å². The van der Waals surface area contributed by atoms with Gasteiger partial charge in [-0.05, 0) is 53.7 Å². The maximum absolute atomic E-state index is 13.0. The molecule has 2 N–H and O–H groups in total. The summed E-state index contributed by atoms with van der Waals surface area (Å²) < 4.78 is 0. The molecule has 1 aliphatic rings. The van der Waals surface area contributed by atoms with E-state index in [0.717, 1.165) is 40.3 Å². The molecule has 0 aliphatic heterocycles. The first kappa shape index (κ1) is 18.5. The molecule has 0 bridgehead atoms. The van der Waals surface area contributed by atoms with Gasteiger partial charge in [0.25, 0.3) is 5.56 Å². The Morgan fingerprint density at radius 1 is 1.00 bits per heavy atom. The predicted octanol–water partition coefficient (Wildman–Crippen LogP) is 4.54. The SMILES string of the molecule is Cc1ccc(-c2cc(-c3ccc(CCC4CC4)cc3)[nH]c(=O)c2-c2nn[nH]n2)cc1. The Labute approximate surface area is 174 Å². The van der Waals surface area contributed by atoms with Crippen molar-refractivity contribution in [3.05, 3.63) is 76.1 Å². The minimum absolute atomic E-state index is 0.234. The lowest BCUT2D eigenvalue weighted by Gasteiger charge is -2.11. The number of tetrazole rings is 1. The molecule has 1 saturated carbocycles. The molecule has 2 heterocycles. The first-order chi connectivity index (χ1) is 14.7. The Bertz CT molecular complexity index is 1200. The molecule has 2 aromatic carbocycles. The van der Waals surface area contributed by atoms with Crippen LogP contribution >= 0.6 is 0 Å². The molecule has 6 heteroatoms. The molecule has 30 heavy (non-hydrogen) atoms. The molecule has 2 aromatic heterocycles. The van der Waals surface area contributed by atoms with Crippen molar-refractivity contribution in [3.63, 3.8) is 0 Å². The predicted molar refractivity (Wildman–Crippen MR) is 117 cm³/mol. The number of hydrogen-bond acceptors (Lipinski definition) is 4. The number of benzene rings is 2. The van der Waals surface area contributed by atoms with Gasteiger partial charge in [-0.1, -0.05) is 66.9 Å². The summed E-state index contributed by atoms with van der Waals surface area (Å²) in [6, 6.07) is 18.6. The van der Waals surface area contributed by atoms with E-state index < -0.39 is 0 Å². The first-order valence-corrected chi connectivity index (χ1v) is 10.3. The van der Waals surface area contributed by atoms with E-state index in [-0.39, 0.29) is 11.4 Å². The number of aryl methyl sites for hydroxylation is 2. The Hall–Kier alpha value is -3.54. The molecule has 0 radical (unpaired) electrons. The first-order valence-electron chi connectivity index (χ1n) is 10.3. The van der Waals surface area contributed by atoms with Crippen LogP contribution in [0.4, 0.5) is 0 Å². The monoisotopic (exact) mass is 397 g/mol. The van der Waals surface area contributed by atoms with Crippen molar-refractivity contribution in [1.82, 2.24) is 25.6 Å². The summed E-state index contributed by atoms with van der Waals surface area (Å²) in [6.45, 7) is 2.04. The number of nitrogens with zero attached hydrogens (tertiary/aromatic N) is 3. The zero-order valence-electron chi connectivity index (χ0n) is 16.9. The third-order valence-corrected chi connectivity index (χ3v) is 5.77. The van der Waals surface area contributed by atoms with Gasteiger partial charge < -0.3 is 4.98 Å². The Kier molecular flexibility index (Phi) is 4.75. The highest BCUT2D eigenvalue weighted by Gasteiger charge is 2.20. The van der Waals surface area contributed by atoms with Crippen LogP contribution in [0.15, 0.2) is 59.4 Å². The third-order valence-electron chi connectivity index (χ3n) is 5.77. The number of H-pyrrole nitrogens is 2. The van der Waals surface area contributed by atoms with Gasteiger partial charge >= 0.3 is 0 Å². The molecule has 0 atom stereocenters. The summed E-state index contributed by atoms with van der Waals surface area (Å²) in [5.74, 6) is 1.21. The molecular formula is C24H23N5O. The van der Waals surface area contributed by atoms with Crippen molar-refractivity contribution < 1.29 is 0 Å². The quantitative estimate of drug-likeness (QED) is 0.500. The fraction of sp³-hybridized carbons (Fsp3) is 0.250. The average Bonchev–Trinajstić information content (AvgIpc) is 3.44. The topological polar surface area (TPSA) is 87.3 Å². The fourth-order valence-corrected chi connectivity index (χ4v) is 3.79. The normalized spacial score (nSPS) is 13.5. The van der Waals surface area contributed by atoms with Crippen molar-refractivity contribution in [2.24, 2.45) is 5.92 Å². The Morgan fingerprint density at radius 2 is 1.73 bits per heavy atom. The molecule has 150 valence electrons. The summed E-state index contributed by atoms with van der Waals surface area (Å²) in [6.07, 6.45) is 5.15. The summed E-state index contributed by atoms with van der Waals surface area (Å²) in [7, 11) is 0. The summed E-state index contributed by atoms with van der Waals surface area (Å²) >= 11 is 0. The maximum Gasteiger partial charge on any atom is 0.260 e. The van der Waals surface area contributed by atoms with Crippen LogP contribution in [0, 0.1) is 12.8 Å². The standard InChI is InChI=1S/C24H23N5O/c1-15-2-10-18(11-3-15)20-14-21(25-24(30)22(20)23-26-28-29-27-23)19-12-8-17(9-13-19)7-6-16-4-5-16/h2-3,8-14,16H,4-7H2,1H3,(H,25,30)(H,26,27,28,29). The van der Waals surface area contributed by atoms with E-state index in [2.05, 4.69) is 49.9 Å². The van der Waals surface area contributed by atoms with E-state index in [4.69, 9.17) is 0 Å². The van der Waals surface area contributed by atoms with Crippen LogP contribution in [0.2, 0.25) is 0 Å². The van der Waals surface area contributed by atoms with Gasteiger partial charge in [-0.15, -0.1) is 10.2 Å². The maximum atomic E-state index is 13.0. The van der Waals surface area contributed by atoms with Gasteiger partial charge in [0.2, 0.25) is 5.82 Å². The van der Waals surface area contributed by atoms with E-state index in [9.17, 15) is 4.79 Å². The number of pyridine rings is 1. The number of nitrogens with one attached hydrogen (secondary N) is 2. The third kappa shape index (κ3) is 3.81. The highest BCUT2D eigenvalue weighted by atomic mass is 16.1. The summed E-state index contributed by atoms with van der Waals surface area (Å²) in [4.78, 5) is 16.1. The highest BCUT2D eigenvalue weighted by Crippen LogP contribution is 2.34. The molecule has 0 amide bonds. The molecular weight excluding hydrogens is 374 g/mol. The van der Waals surface area contributed by atoms with Crippen molar-refractivity contribution in [2.45, 2.75) is 32.6 Å². The highest BCUT2D eigenvalue weighted by molar-refractivity contribution is 5.83. The van der Waals surface area contributed by atoms with Crippen LogP contribution in [0.1, 0.15) is 30.4 Å². The van der Waals surface area contributed by atoms with E-state index in [1.807, 2.05) is 37.3 Å². The van der Waals surface area contributed by atoms with E-state index >= 15 is 0 Å². The average molecular weight is 397 g/mol. The number of aromatic amines is 2.